The van der Waals surface area contributed by atoms with E-state index >= 15 is 0 Å². The Morgan fingerprint density at radius 2 is 1.90 bits per heavy atom. The van der Waals surface area contributed by atoms with E-state index in [9.17, 15) is 13.2 Å². The van der Waals surface area contributed by atoms with Gasteiger partial charge in [-0.05, 0) is 50.5 Å². The first kappa shape index (κ1) is 22.8. The number of sulfonamides is 1. The summed E-state index contributed by atoms with van der Waals surface area (Å²) in [6.07, 6.45) is 3.26. The molecule has 0 bridgehead atoms. The lowest BCUT2D eigenvalue weighted by Gasteiger charge is -2.33. The van der Waals surface area contributed by atoms with E-state index in [-0.39, 0.29) is 22.6 Å². The number of hydrogen-bond donors (Lipinski definition) is 0. The molecule has 3 rings (SSSR count). The number of amides is 1. The Hall–Kier alpha value is -1.91. The third-order valence-electron chi connectivity index (χ3n) is 5.29. The van der Waals surface area contributed by atoms with Crippen molar-refractivity contribution in [3.63, 3.8) is 0 Å². The number of thioether (sulfide) groups is 1. The largest absolute Gasteiger partial charge is 0.411 e. The van der Waals surface area contributed by atoms with Crippen molar-refractivity contribution in [1.29, 1.82) is 0 Å². The molecule has 1 aliphatic heterocycles. The van der Waals surface area contributed by atoms with E-state index in [2.05, 4.69) is 17.1 Å². The minimum Gasteiger partial charge on any atom is -0.411 e. The highest BCUT2D eigenvalue weighted by Crippen LogP contribution is 2.26. The molecular weight excluding hydrogens is 424 g/mol. The number of likely N-dealkylation sites (tertiary alicyclic amines) is 1. The standard InChI is InChI=1S/C20H28N4O4S2/c1-4-23(5-2)30(26,27)17-11-9-16(10-12-17)19-21-22-20(28-19)29-14-18(25)24-13-7-6-8-15(24)3/h9-12,15H,4-8,13-14H2,1-3H3/t15-/m1/s1. The topological polar surface area (TPSA) is 96.6 Å². The smallest absolute Gasteiger partial charge is 0.277 e. The first-order valence-corrected chi connectivity index (χ1v) is 12.7. The number of piperidine rings is 1. The number of carbonyl (C=O) groups excluding carboxylic acids is 1. The third kappa shape index (κ3) is 5.04. The second-order valence-corrected chi connectivity index (χ2v) is 10.1. The Labute approximate surface area is 182 Å². The fraction of sp³-hybridized carbons (Fsp3) is 0.550. The molecule has 1 amide bonds. The van der Waals surface area contributed by atoms with Crippen LogP contribution in [0.3, 0.4) is 0 Å². The van der Waals surface area contributed by atoms with E-state index < -0.39 is 10.0 Å². The Balaban J connectivity index is 1.64. The van der Waals surface area contributed by atoms with Crippen LogP contribution in [0.4, 0.5) is 0 Å². The van der Waals surface area contributed by atoms with Crippen LogP contribution in [0.1, 0.15) is 40.0 Å². The van der Waals surface area contributed by atoms with Gasteiger partial charge >= 0.3 is 0 Å². The van der Waals surface area contributed by atoms with Gasteiger partial charge in [0.2, 0.25) is 21.8 Å². The molecule has 10 heteroatoms. The van der Waals surface area contributed by atoms with Crippen molar-refractivity contribution < 1.29 is 17.6 Å². The first-order chi connectivity index (χ1) is 14.4. The number of carbonyl (C=O) groups is 1. The molecule has 8 nitrogen and oxygen atoms in total. The van der Waals surface area contributed by atoms with Gasteiger partial charge in [0.15, 0.2) is 0 Å². The van der Waals surface area contributed by atoms with Crippen molar-refractivity contribution in [2.75, 3.05) is 25.4 Å². The lowest BCUT2D eigenvalue weighted by molar-refractivity contribution is -0.131. The zero-order valence-corrected chi connectivity index (χ0v) is 19.2. The molecular formula is C20H28N4O4S2. The van der Waals surface area contributed by atoms with Crippen LogP contribution >= 0.6 is 11.8 Å². The van der Waals surface area contributed by atoms with Gasteiger partial charge in [-0.1, -0.05) is 25.6 Å². The zero-order valence-electron chi connectivity index (χ0n) is 17.6. The highest BCUT2D eigenvalue weighted by molar-refractivity contribution is 7.99. The van der Waals surface area contributed by atoms with Crippen LogP contribution in [0.15, 0.2) is 38.8 Å². The Kier molecular flexibility index (Phi) is 7.54. The van der Waals surface area contributed by atoms with Gasteiger partial charge in [-0.3, -0.25) is 4.79 Å². The van der Waals surface area contributed by atoms with Gasteiger partial charge in [0.05, 0.1) is 10.6 Å². The van der Waals surface area contributed by atoms with Gasteiger partial charge in [0, 0.05) is 31.2 Å². The van der Waals surface area contributed by atoms with Gasteiger partial charge in [-0.15, -0.1) is 10.2 Å². The SMILES string of the molecule is CCN(CC)S(=O)(=O)c1ccc(-c2nnc(SCC(=O)N3CCCC[C@H]3C)o2)cc1. The maximum Gasteiger partial charge on any atom is 0.277 e. The van der Waals surface area contributed by atoms with Crippen molar-refractivity contribution in [2.24, 2.45) is 0 Å². The molecule has 1 aromatic heterocycles. The van der Waals surface area contributed by atoms with E-state index in [4.69, 9.17) is 4.42 Å². The lowest BCUT2D eigenvalue weighted by Crippen LogP contribution is -2.42. The molecule has 2 aromatic rings. The number of aromatic nitrogens is 2. The number of nitrogens with zero attached hydrogens (tertiary/aromatic N) is 4. The normalized spacial score (nSPS) is 17.5. The average molecular weight is 453 g/mol. The molecule has 1 fully saturated rings. The molecule has 1 atom stereocenters. The third-order valence-corrected chi connectivity index (χ3v) is 8.16. The molecule has 1 saturated heterocycles. The highest BCUT2D eigenvalue weighted by Gasteiger charge is 2.24. The number of benzene rings is 1. The summed E-state index contributed by atoms with van der Waals surface area (Å²) >= 11 is 1.22. The summed E-state index contributed by atoms with van der Waals surface area (Å²) in [4.78, 5) is 14.6. The maximum absolute atomic E-state index is 12.6. The summed E-state index contributed by atoms with van der Waals surface area (Å²) in [5.41, 5.74) is 0.629. The summed E-state index contributed by atoms with van der Waals surface area (Å²) in [5.74, 6) is 0.633. The van der Waals surface area contributed by atoms with Crippen LogP contribution < -0.4 is 0 Å². The van der Waals surface area contributed by atoms with E-state index in [1.54, 1.807) is 24.3 Å². The van der Waals surface area contributed by atoms with Crippen molar-refractivity contribution in [3.05, 3.63) is 24.3 Å². The van der Waals surface area contributed by atoms with Crippen LogP contribution in [0.5, 0.6) is 0 Å². The van der Waals surface area contributed by atoms with Gasteiger partial charge < -0.3 is 9.32 Å². The minimum atomic E-state index is -3.51. The Morgan fingerprint density at radius 1 is 1.20 bits per heavy atom. The molecule has 0 saturated carbocycles. The molecule has 164 valence electrons. The number of hydrogen-bond acceptors (Lipinski definition) is 7. The summed E-state index contributed by atoms with van der Waals surface area (Å²) < 4.78 is 32.2. The Morgan fingerprint density at radius 3 is 2.53 bits per heavy atom. The fourth-order valence-corrected chi connectivity index (χ4v) is 5.65. The van der Waals surface area contributed by atoms with E-state index in [1.807, 2.05) is 18.7 Å². The summed E-state index contributed by atoms with van der Waals surface area (Å²) in [6.45, 7) is 7.34. The highest BCUT2D eigenvalue weighted by atomic mass is 32.2. The molecule has 0 aliphatic carbocycles. The van der Waals surface area contributed by atoms with Crippen LogP contribution in [0.25, 0.3) is 11.5 Å². The van der Waals surface area contributed by atoms with E-state index in [0.717, 1.165) is 19.4 Å². The molecule has 0 spiro atoms. The van der Waals surface area contributed by atoms with E-state index in [0.29, 0.717) is 29.8 Å². The second kappa shape index (κ2) is 9.93. The van der Waals surface area contributed by atoms with Crippen molar-refractivity contribution in [1.82, 2.24) is 19.4 Å². The molecule has 2 heterocycles. The molecule has 0 N–H and O–H groups in total. The van der Waals surface area contributed by atoms with Gasteiger partial charge in [-0.25, -0.2) is 8.42 Å². The predicted octanol–water partition coefficient (Wildman–Crippen LogP) is 3.26. The van der Waals surface area contributed by atoms with Gasteiger partial charge in [0.25, 0.3) is 5.22 Å². The van der Waals surface area contributed by atoms with Crippen molar-refractivity contribution >= 4 is 27.7 Å². The van der Waals surface area contributed by atoms with E-state index in [1.165, 1.54) is 22.5 Å². The minimum absolute atomic E-state index is 0.0814. The predicted molar refractivity (Wildman–Crippen MR) is 116 cm³/mol. The monoisotopic (exact) mass is 452 g/mol. The molecule has 1 aromatic carbocycles. The van der Waals surface area contributed by atoms with Crippen LogP contribution in [0, 0.1) is 0 Å². The van der Waals surface area contributed by atoms with Gasteiger partial charge in [-0.2, -0.15) is 4.31 Å². The second-order valence-electron chi connectivity index (χ2n) is 7.21. The summed E-state index contributed by atoms with van der Waals surface area (Å²) in [5, 5.41) is 8.35. The van der Waals surface area contributed by atoms with Crippen LogP contribution in [-0.4, -0.2) is 65.2 Å². The summed E-state index contributed by atoms with van der Waals surface area (Å²) in [7, 11) is -3.51. The Bertz CT molecular complexity index is 955. The first-order valence-electron chi connectivity index (χ1n) is 10.2. The average Bonchev–Trinajstić information content (AvgIpc) is 3.22. The zero-order chi connectivity index (χ0) is 21.7. The van der Waals surface area contributed by atoms with Crippen LogP contribution in [0.2, 0.25) is 0 Å². The fourth-order valence-electron chi connectivity index (χ4n) is 3.54. The lowest BCUT2D eigenvalue weighted by atomic mass is 10.0. The molecule has 1 aliphatic rings. The van der Waals surface area contributed by atoms with Gasteiger partial charge in [0.1, 0.15) is 0 Å². The molecule has 0 unspecified atom stereocenters. The summed E-state index contributed by atoms with van der Waals surface area (Å²) in [6, 6.07) is 6.66. The quantitative estimate of drug-likeness (QED) is 0.567. The molecule has 30 heavy (non-hydrogen) atoms. The maximum atomic E-state index is 12.6. The van der Waals surface area contributed by atoms with Crippen LogP contribution in [-0.2, 0) is 14.8 Å². The molecule has 0 radical (unpaired) electrons. The van der Waals surface area contributed by atoms with Crippen molar-refractivity contribution in [2.45, 2.75) is 56.2 Å². The number of rotatable bonds is 8. The van der Waals surface area contributed by atoms with Crippen molar-refractivity contribution in [3.8, 4) is 11.5 Å².